The number of hydrogen-bond acceptors (Lipinski definition) is 4. The van der Waals surface area contributed by atoms with Crippen molar-refractivity contribution in [2.75, 3.05) is 28.1 Å². The van der Waals surface area contributed by atoms with E-state index in [2.05, 4.69) is 5.32 Å². The first-order valence-corrected chi connectivity index (χ1v) is 12.1. The Bertz CT molecular complexity index is 1530. The third kappa shape index (κ3) is 3.68. The molecular formula is C26H21N3O4S. The van der Waals surface area contributed by atoms with Gasteiger partial charge in [-0.3, -0.25) is 18.8 Å². The van der Waals surface area contributed by atoms with Gasteiger partial charge in [-0.05, 0) is 47.9 Å². The van der Waals surface area contributed by atoms with E-state index < -0.39 is 15.9 Å². The van der Waals surface area contributed by atoms with Gasteiger partial charge in [-0.1, -0.05) is 48.5 Å². The molecule has 1 aliphatic rings. The van der Waals surface area contributed by atoms with E-state index in [1.165, 1.54) is 28.4 Å². The molecule has 7 nitrogen and oxygen atoms in total. The summed E-state index contributed by atoms with van der Waals surface area (Å²) < 4.78 is 27.4. The first kappa shape index (κ1) is 21.7. The summed E-state index contributed by atoms with van der Waals surface area (Å²) in [6, 6.07) is 25.9. The molecule has 4 aromatic carbocycles. The van der Waals surface area contributed by atoms with Crippen LogP contribution in [0, 0.1) is 0 Å². The summed E-state index contributed by atoms with van der Waals surface area (Å²) in [5.74, 6) is -0.660. The van der Waals surface area contributed by atoms with Gasteiger partial charge in [0.1, 0.15) is 6.54 Å². The number of hydrogen-bond donors (Lipinski definition) is 1. The lowest BCUT2D eigenvalue weighted by atomic mass is 10.1. The van der Waals surface area contributed by atoms with Crippen molar-refractivity contribution in [3.8, 4) is 0 Å². The standard InChI is InChI=1S/C26H21N3O4S/c1-28(20-11-3-2-4-12-20)34(32,33)21-13-7-10-19(16-21)27-24(30)17-29-23-15-6-9-18-8-5-14-22(25(18)23)26(29)31/h2-16H,17H2,1H3,(H,27,30). The number of anilines is 3. The van der Waals surface area contributed by atoms with Gasteiger partial charge in [0.05, 0.1) is 16.3 Å². The van der Waals surface area contributed by atoms with Crippen LogP contribution in [0.4, 0.5) is 17.1 Å². The van der Waals surface area contributed by atoms with E-state index in [9.17, 15) is 18.0 Å². The number of rotatable bonds is 6. The van der Waals surface area contributed by atoms with Crippen molar-refractivity contribution in [3.05, 3.63) is 96.6 Å². The Kier molecular flexibility index (Phi) is 5.30. The van der Waals surface area contributed by atoms with Gasteiger partial charge in [0.15, 0.2) is 0 Å². The molecule has 0 saturated heterocycles. The Morgan fingerprint density at radius 2 is 1.62 bits per heavy atom. The van der Waals surface area contributed by atoms with E-state index in [1.807, 2.05) is 36.4 Å². The number of benzene rings is 4. The molecule has 4 aromatic rings. The lowest BCUT2D eigenvalue weighted by Gasteiger charge is -2.20. The van der Waals surface area contributed by atoms with Crippen LogP contribution in [0.3, 0.4) is 0 Å². The molecule has 8 heteroatoms. The summed E-state index contributed by atoms with van der Waals surface area (Å²) in [6.07, 6.45) is 0. The van der Waals surface area contributed by atoms with Gasteiger partial charge in [0.25, 0.3) is 15.9 Å². The largest absolute Gasteiger partial charge is 0.324 e. The lowest BCUT2D eigenvalue weighted by molar-refractivity contribution is -0.114. The van der Waals surface area contributed by atoms with Gasteiger partial charge in [-0.15, -0.1) is 0 Å². The molecule has 0 aromatic heterocycles. The summed E-state index contributed by atoms with van der Waals surface area (Å²) in [5, 5.41) is 4.49. The van der Waals surface area contributed by atoms with Crippen LogP contribution in [0.1, 0.15) is 10.4 Å². The fraction of sp³-hybridized carbons (Fsp3) is 0.0769. The van der Waals surface area contributed by atoms with Crippen LogP contribution in [0.15, 0.2) is 95.9 Å². The Morgan fingerprint density at radius 3 is 2.38 bits per heavy atom. The minimum Gasteiger partial charge on any atom is -0.324 e. The minimum atomic E-state index is -3.83. The van der Waals surface area contributed by atoms with E-state index in [0.29, 0.717) is 22.6 Å². The molecule has 34 heavy (non-hydrogen) atoms. The highest BCUT2D eigenvalue weighted by molar-refractivity contribution is 7.92. The molecule has 0 bridgehead atoms. The Balaban J connectivity index is 1.35. The molecule has 0 spiro atoms. The number of carbonyl (C=O) groups is 2. The van der Waals surface area contributed by atoms with Gasteiger partial charge in [0, 0.05) is 23.7 Å². The second-order valence-corrected chi connectivity index (χ2v) is 9.93. The van der Waals surface area contributed by atoms with Crippen LogP contribution >= 0.6 is 0 Å². The zero-order valence-electron chi connectivity index (χ0n) is 18.3. The number of nitrogens with zero attached hydrogens (tertiary/aromatic N) is 2. The van der Waals surface area contributed by atoms with Crippen LogP contribution in [-0.4, -0.2) is 33.8 Å². The molecule has 170 valence electrons. The van der Waals surface area contributed by atoms with Crippen molar-refractivity contribution in [2.45, 2.75) is 4.90 Å². The summed E-state index contributed by atoms with van der Waals surface area (Å²) in [6.45, 7) is -0.187. The topological polar surface area (TPSA) is 86.8 Å². The molecule has 1 N–H and O–H groups in total. The molecule has 0 radical (unpaired) electrons. The highest BCUT2D eigenvalue weighted by atomic mass is 32.2. The summed E-state index contributed by atoms with van der Waals surface area (Å²) in [5.41, 5.74) is 2.11. The molecule has 1 aliphatic heterocycles. The molecule has 0 unspecified atom stereocenters. The van der Waals surface area contributed by atoms with Gasteiger partial charge in [-0.2, -0.15) is 0 Å². The molecule has 0 saturated carbocycles. The number of sulfonamides is 1. The van der Waals surface area contributed by atoms with Crippen LogP contribution in [-0.2, 0) is 14.8 Å². The van der Waals surface area contributed by atoms with Crippen molar-refractivity contribution in [1.82, 2.24) is 0 Å². The Hall–Kier alpha value is -4.17. The Labute approximate surface area is 197 Å². The van der Waals surface area contributed by atoms with Crippen LogP contribution in [0.25, 0.3) is 10.8 Å². The van der Waals surface area contributed by atoms with Crippen LogP contribution in [0.5, 0.6) is 0 Å². The fourth-order valence-electron chi connectivity index (χ4n) is 4.15. The first-order chi connectivity index (χ1) is 16.4. The maximum Gasteiger partial charge on any atom is 0.264 e. The predicted octanol–water partition coefficient (Wildman–Crippen LogP) is 4.26. The second kappa shape index (κ2) is 8.31. The molecule has 0 atom stereocenters. The molecule has 0 fully saturated rings. The van der Waals surface area contributed by atoms with Crippen LogP contribution < -0.4 is 14.5 Å². The zero-order valence-corrected chi connectivity index (χ0v) is 19.1. The monoisotopic (exact) mass is 471 g/mol. The van der Waals surface area contributed by atoms with Gasteiger partial charge < -0.3 is 5.32 Å². The SMILES string of the molecule is CN(c1ccccc1)S(=O)(=O)c1cccc(NC(=O)CN2C(=O)c3cccc4cccc2c34)c1. The number of nitrogens with one attached hydrogen (secondary N) is 1. The number of amides is 2. The molecule has 5 rings (SSSR count). The fourth-order valence-corrected chi connectivity index (χ4v) is 5.39. The average Bonchev–Trinajstić information content (AvgIpc) is 3.12. The first-order valence-electron chi connectivity index (χ1n) is 10.6. The minimum absolute atomic E-state index is 0.0473. The van der Waals surface area contributed by atoms with Gasteiger partial charge >= 0.3 is 0 Å². The van der Waals surface area contributed by atoms with Crippen molar-refractivity contribution in [3.63, 3.8) is 0 Å². The summed E-state index contributed by atoms with van der Waals surface area (Å²) in [4.78, 5) is 27.2. The lowest BCUT2D eigenvalue weighted by Crippen LogP contribution is -2.35. The van der Waals surface area contributed by atoms with E-state index in [4.69, 9.17) is 0 Å². The van der Waals surface area contributed by atoms with E-state index in [1.54, 1.807) is 42.5 Å². The predicted molar refractivity (Wildman–Crippen MR) is 133 cm³/mol. The van der Waals surface area contributed by atoms with Gasteiger partial charge in [0.2, 0.25) is 5.91 Å². The summed E-state index contributed by atoms with van der Waals surface area (Å²) >= 11 is 0. The molecule has 0 aliphatic carbocycles. The van der Waals surface area contributed by atoms with Crippen molar-refractivity contribution in [1.29, 1.82) is 0 Å². The van der Waals surface area contributed by atoms with E-state index in [-0.39, 0.29) is 17.3 Å². The third-order valence-electron chi connectivity index (χ3n) is 5.85. The van der Waals surface area contributed by atoms with E-state index >= 15 is 0 Å². The highest BCUT2D eigenvalue weighted by Crippen LogP contribution is 2.37. The molecule has 2 amide bonds. The third-order valence-corrected chi connectivity index (χ3v) is 7.63. The smallest absolute Gasteiger partial charge is 0.264 e. The van der Waals surface area contributed by atoms with E-state index in [0.717, 1.165) is 10.8 Å². The quantitative estimate of drug-likeness (QED) is 0.455. The number of carbonyl (C=O) groups excluding carboxylic acids is 2. The zero-order chi connectivity index (χ0) is 23.9. The second-order valence-electron chi connectivity index (χ2n) is 7.96. The maximum absolute atomic E-state index is 13.1. The Morgan fingerprint density at radius 1 is 0.912 bits per heavy atom. The summed E-state index contributed by atoms with van der Waals surface area (Å²) in [7, 11) is -2.35. The molecule has 1 heterocycles. The number of para-hydroxylation sites is 1. The van der Waals surface area contributed by atoms with Crippen LogP contribution in [0.2, 0.25) is 0 Å². The van der Waals surface area contributed by atoms with Crippen molar-refractivity contribution in [2.24, 2.45) is 0 Å². The highest BCUT2D eigenvalue weighted by Gasteiger charge is 2.31. The average molecular weight is 472 g/mol. The van der Waals surface area contributed by atoms with Gasteiger partial charge in [-0.25, -0.2) is 8.42 Å². The van der Waals surface area contributed by atoms with Crippen molar-refractivity contribution >= 4 is 49.7 Å². The normalized spacial score (nSPS) is 12.7. The van der Waals surface area contributed by atoms with Crippen molar-refractivity contribution < 1.29 is 18.0 Å². The molecular weight excluding hydrogens is 450 g/mol. The maximum atomic E-state index is 13.1.